The fraction of sp³-hybridized carbons (Fsp3) is 0. The monoisotopic (exact) mass is 279 g/mol. The van der Waals surface area contributed by atoms with E-state index in [0.29, 0.717) is 5.13 Å². The number of benzene rings is 1. The Morgan fingerprint density at radius 2 is 2.26 bits per heavy atom. The number of carbonyl (C=O) groups is 1. The number of hydrogen-bond donors (Lipinski definition) is 3. The molecule has 0 spiro atoms. The minimum atomic E-state index is -0.616. The van der Waals surface area contributed by atoms with Gasteiger partial charge in [0.1, 0.15) is 5.69 Å². The zero-order chi connectivity index (χ0) is 13.8. The number of rotatable bonds is 4. The number of hydrazine groups is 1. The van der Waals surface area contributed by atoms with Crippen LogP contribution >= 0.6 is 11.3 Å². The summed E-state index contributed by atoms with van der Waals surface area (Å²) in [6, 6.07) is 3.96. The molecule has 1 amide bonds. The van der Waals surface area contributed by atoms with Gasteiger partial charge in [-0.15, -0.1) is 11.3 Å². The van der Waals surface area contributed by atoms with Crippen LogP contribution in [-0.4, -0.2) is 15.8 Å². The quantitative estimate of drug-likeness (QED) is 0.443. The van der Waals surface area contributed by atoms with Gasteiger partial charge in [0, 0.05) is 23.2 Å². The molecule has 0 radical (unpaired) electrons. The van der Waals surface area contributed by atoms with E-state index in [1.165, 1.54) is 23.5 Å². The zero-order valence-electron chi connectivity index (χ0n) is 9.49. The van der Waals surface area contributed by atoms with Crippen LogP contribution in [0.4, 0.5) is 16.5 Å². The number of nitro groups is 1. The summed E-state index contributed by atoms with van der Waals surface area (Å²) in [5.74, 6) is 4.69. The van der Waals surface area contributed by atoms with Crippen molar-refractivity contribution in [2.75, 3.05) is 10.7 Å². The minimum absolute atomic E-state index is 0.135. The zero-order valence-corrected chi connectivity index (χ0v) is 10.3. The van der Waals surface area contributed by atoms with Gasteiger partial charge in [-0.2, -0.15) is 0 Å². The van der Waals surface area contributed by atoms with Crippen LogP contribution in [0.3, 0.4) is 0 Å². The average Bonchev–Trinajstić information content (AvgIpc) is 2.90. The summed E-state index contributed by atoms with van der Waals surface area (Å²) in [7, 11) is 0. The molecule has 0 unspecified atom stereocenters. The number of hydrogen-bond acceptors (Lipinski definition) is 7. The Hall–Kier alpha value is -2.52. The van der Waals surface area contributed by atoms with Crippen LogP contribution in [0.1, 0.15) is 10.4 Å². The van der Waals surface area contributed by atoms with Crippen molar-refractivity contribution >= 4 is 33.8 Å². The van der Waals surface area contributed by atoms with Crippen LogP contribution in [0.15, 0.2) is 29.8 Å². The first kappa shape index (κ1) is 12.9. The summed E-state index contributed by atoms with van der Waals surface area (Å²) < 4.78 is 0. The Morgan fingerprint density at radius 3 is 2.84 bits per heavy atom. The molecule has 0 aliphatic rings. The summed E-state index contributed by atoms with van der Waals surface area (Å²) >= 11 is 1.25. The number of amides is 1. The van der Waals surface area contributed by atoms with Crippen molar-refractivity contribution in [3.05, 3.63) is 45.5 Å². The van der Waals surface area contributed by atoms with Crippen molar-refractivity contribution in [2.45, 2.75) is 0 Å². The van der Waals surface area contributed by atoms with Crippen molar-refractivity contribution < 1.29 is 9.72 Å². The minimum Gasteiger partial charge on any atom is -0.318 e. The number of aromatic nitrogens is 1. The summed E-state index contributed by atoms with van der Waals surface area (Å²) in [6.45, 7) is 0. The van der Waals surface area contributed by atoms with Crippen molar-refractivity contribution in [1.29, 1.82) is 0 Å². The third kappa shape index (κ3) is 2.84. The van der Waals surface area contributed by atoms with Gasteiger partial charge in [0.25, 0.3) is 11.6 Å². The highest BCUT2D eigenvalue weighted by Gasteiger charge is 2.17. The summed E-state index contributed by atoms with van der Waals surface area (Å²) in [5, 5.41) is 15.5. The van der Waals surface area contributed by atoms with Crippen molar-refractivity contribution in [3.8, 4) is 0 Å². The number of nitrogens with zero attached hydrogens (tertiary/aromatic N) is 2. The van der Waals surface area contributed by atoms with Gasteiger partial charge >= 0.3 is 0 Å². The highest BCUT2D eigenvalue weighted by molar-refractivity contribution is 7.13. The smallest absolute Gasteiger partial charge is 0.294 e. The van der Waals surface area contributed by atoms with Crippen LogP contribution in [0.5, 0.6) is 0 Å². The lowest BCUT2D eigenvalue weighted by Crippen LogP contribution is -2.14. The van der Waals surface area contributed by atoms with Crippen LogP contribution < -0.4 is 16.6 Å². The lowest BCUT2D eigenvalue weighted by molar-refractivity contribution is -0.384. The second-order valence-electron chi connectivity index (χ2n) is 3.42. The van der Waals surface area contributed by atoms with Gasteiger partial charge in [-0.25, -0.2) is 4.98 Å². The molecule has 2 rings (SSSR count). The fourth-order valence-corrected chi connectivity index (χ4v) is 1.92. The first-order valence-electron chi connectivity index (χ1n) is 5.07. The van der Waals surface area contributed by atoms with Gasteiger partial charge in [0.05, 0.1) is 4.92 Å². The molecular formula is C10H9N5O3S. The van der Waals surface area contributed by atoms with Crippen LogP contribution in [0.2, 0.25) is 0 Å². The maximum absolute atomic E-state index is 11.9. The lowest BCUT2D eigenvalue weighted by atomic mass is 10.1. The maximum Gasteiger partial charge on any atom is 0.294 e. The molecule has 2 aromatic rings. The Labute approximate surface area is 111 Å². The molecule has 1 aromatic heterocycles. The Morgan fingerprint density at radius 1 is 1.47 bits per heavy atom. The number of nitrogen functional groups attached to an aromatic ring is 1. The van der Waals surface area contributed by atoms with E-state index in [1.54, 1.807) is 11.6 Å². The van der Waals surface area contributed by atoms with Crippen molar-refractivity contribution in [1.82, 2.24) is 4.98 Å². The number of nitrogens with two attached hydrogens (primary N) is 1. The molecule has 0 aliphatic heterocycles. The number of carbonyl (C=O) groups excluding carboxylic acids is 1. The third-order valence-electron chi connectivity index (χ3n) is 2.26. The first-order valence-corrected chi connectivity index (χ1v) is 5.95. The summed E-state index contributed by atoms with van der Waals surface area (Å²) in [5.41, 5.74) is 2.22. The largest absolute Gasteiger partial charge is 0.318 e. The van der Waals surface area contributed by atoms with Gasteiger partial charge in [-0.05, 0) is 12.1 Å². The summed E-state index contributed by atoms with van der Waals surface area (Å²) in [4.78, 5) is 26.0. The fourth-order valence-electron chi connectivity index (χ4n) is 1.40. The standard InChI is InChI=1S/C10H9N5O3S/c11-14-7-2-1-6(5-8(7)15(17)18)9(16)13-10-12-3-4-19-10/h1-5,14H,11H2,(H,12,13,16). The number of thiazole rings is 1. The second-order valence-corrected chi connectivity index (χ2v) is 4.32. The molecule has 8 nitrogen and oxygen atoms in total. The van der Waals surface area contributed by atoms with Gasteiger partial charge in [-0.1, -0.05) is 0 Å². The molecule has 1 aromatic carbocycles. The molecule has 0 aliphatic carbocycles. The van der Waals surface area contributed by atoms with E-state index in [0.717, 1.165) is 6.07 Å². The molecule has 4 N–H and O–H groups in total. The molecule has 0 bridgehead atoms. The molecule has 0 saturated carbocycles. The van der Waals surface area contributed by atoms with Gasteiger partial charge in [-0.3, -0.25) is 26.1 Å². The number of anilines is 2. The number of nitrogens with one attached hydrogen (secondary N) is 2. The molecule has 0 saturated heterocycles. The topological polar surface area (TPSA) is 123 Å². The van der Waals surface area contributed by atoms with E-state index in [4.69, 9.17) is 5.84 Å². The average molecular weight is 279 g/mol. The Bertz CT molecular complexity index is 614. The SMILES string of the molecule is NNc1ccc(C(=O)Nc2nccs2)cc1[N+](=O)[O-]. The highest BCUT2D eigenvalue weighted by atomic mass is 32.1. The highest BCUT2D eigenvalue weighted by Crippen LogP contribution is 2.25. The van der Waals surface area contributed by atoms with Gasteiger partial charge in [0.15, 0.2) is 5.13 Å². The molecule has 0 fully saturated rings. The first-order chi connectivity index (χ1) is 9.11. The molecule has 0 atom stereocenters. The maximum atomic E-state index is 11.9. The van der Waals surface area contributed by atoms with E-state index >= 15 is 0 Å². The molecule has 9 heteroatoms. The predicted molar refractivity (Wildman–Crippen MR) is 71.0 cm³/mol. The molecular weight excluding hydrogens is 270 g/mol. The molecule has 98 valence electrons. The van der Waals surface area contributed by atoms with Gasteiger partial charge in [0.2, 0.25) is 0 Å². The van der Waals surface area contributed by atoms with Crippen LogP contribution in [0.25, 0.3) is 0 Å². The van der Waals surface area contributed by atoms with E-state index in [9.17, 15) is 14.9 Å². The predicted octanol–water partition coefficient (Wildman–Crippen LogP) is 1.59. The van der Waals surface area contributed by atoms with Crippen LogP contribution in [-0.2, 0) is 0 Å². The second kappa shape index (κ2) is 5.42. The Balaban J connectivity index is 2.27. The van der Waals surface area contributed by atoms with Crippen LogP contribution in [0, 0.1) is 10.1 Å². The van der Waals surface area contributed by atoms with E-state index in [1.807, 2.05) is 0 Å². The van der Waals surface area contributed by atoms with E-state index in [2.05, 4.69) is 15.7 Å². The van der Waals surface area contributed by atoms with E-state index < -0.39 is 10.8 Å². The van der Waals surface area contributed by atoms with Crippen molar-refractivity contribution in [3.63, 3.8) is 0 Å². The Kier molecular flexibility index (Phi) is 3.68. The van der Waals surface area contributed by atoms with Gasteiger partial charge < -0.3 is 5.43 Å². The summed E-state index contributed by atoms with van der Waals surface area (Å²) in [6.07, 6.45) is 1.55. The normalized spacial score (nSPS) is 9.95. The third-order valence-corrected chi connectivity index (χ3v) is 2.95. The van der Waals surface area contributed by atoms with Crippen molar-refractivity contribution in [2.24, 2.45) is 5.84 Å². The lowest BCUT2D eigenvalue weighted by Gasteiger charge is -2.05. The van der Waals surface area contributed by atoms with E-state index in [-0.39, 0.29) is 16.9 Å². The number of nitro benzene ring substituents is 1. The molecule has 19 heavy (non-hydrogen) atoms. The molecule has 1 heterocycles.